The largest absolute Gasteiger partial charge is 0.484 e. The fourth-order valence-corrected chi connectivity index (χ4v) is 1.48. The smallest absolute Gasteiger partial charge is 0.336 e. The summed E-state index contributed by atoms with van der Waals surface area (Å²) in [6, 6.07) is 8.70. The average molecular weight is 218 g/mol. The van der Waals surface area contributed by atoms with Crippen molar-refractivity contribution in [2.24, 2.45) is 0 Å². The Labute approximate surface area is 93.7 Å². The van der Waals surface area contributed by atoms with Gasteiger partial charge in [-0.05, 0) is 32.9 Å². The zero-order valence-corrected chi connectivity index (χ0v) is 9.61. The Morgan fingerprint density at radius 1 is 1.12 bits per heavy atom. The standard InChI is InChI=1S/C13H14O3/c1-13(2,3)16-10-6-4-5-9-7-8-11(14)15-12(9)10/h4-8H,1-3H3. The maximum Gasteiger partial charge on any atom is 0.336 e. The Balaban J connectivity index is 2.61. The van der Waals surface area contributed by atoms with Crippen LogP contribution in [-0.4, -0.2) is 5.60 Å². The lowest BCUT2D eigenvalue weighted by Crippen LogP contribution is -2.23. The number of fused-ring (bicyclic) bond motifs is 1. The molecule has 0 saturated heterocycles. The third kappa shape index (κ3) is 2.24. The third-order valence-corrected chi connectivity index (χ3v) is 2.03. The second-order valence-electron chi connectivity index (χ2n) is 4.64. The molecule has 2 aromatic rings. The Hall–Kier alpha value is -1.77. The SMILES string of the molecule is CC(C)(C)Oc1cccc2ccc(=O)oc12. The van der Waals surface area contributed by atoms with Gasteiger partial charge in [0.05, 0.1) is 0 Å². The van der Waals surface area contributed by atoms with E-state index in [2.05, 4.69) is 0 Å². The van der Waals surface area contributed by atoms with Crippen molar-refractivity contribution in [1.29, 1.82) is 0 Å². The van der Waals surface area contributed by atoms with Gasteiger partial charge in [0.15, 0.2) is 11.3 Å². The van der Waals surface area contributed by atoms with Gasteiger partial charge in [-0.3, -0.25) is 0 Å². The van der Waals surface area contributed by atoms with Crippen molar-refractivity contribution in [3.05, 3.63) is 40.8 Å². The summed E-state index contributed by atoms with van der Waals surface area (Å²) in [5.74, 6) is 0.600. The monoisotopic (exact) mass is 218 g/mol. The highest BCUT2D eigenvalue weighted by atomic mass is 16.5. The molecule has 0 unspecified atom stereocenters. The Morgan fingerprint density at radius 2 is 1.88 bits per heavy atom. The summed E-state index contributed by atoms with van der Waals surface area (Å²) in [7, 11) is 0. The lowest BCUT2D eigenvalue weighted by Gasteiger charge is -2.21. The van der Waals surface area contributed by atoms with E-state index in [4.69, 9.17) is 9.15 Å². The molecule has 1 heterocycles. The molecule has 2 rings (SSSR count). The molecule has 3 heteroatoms. The molecule has 1 aromatic carbocycles. The van der Waals surface area contributed by atoms with Crippen LogP contribution in [0.15, 0.2) is 39.5 Å². The molecule has 1 aromatic heterocycles. The summed E-state index contributed by atoms with van der Waals surface area (Å²) in [6.07, 6.45) is 0. The molecular formula is C13H14O3. The Bertz CT molecular complexity index is 561. The van der Waals surface area contributed by atoms with Crippen molar-refractivity contribution in [2.75, 3.05) is 0 Å². The maximum absolute atomic E-state index is 11.2. The summed E-state index contributed by atoms with van der Waals surface area (Å²) >= 11 is 0. The molecule has 0 atom stereocenters. The van der Waals surface area contributed by atoms with Gasteiger partial charge in [-0.15, -0.1) is 0 Å². The third-order valence-electron chi connectivity index (χ3n) is 2.03. The van der Waals surface area contributed by atoms with Gasteiger partial charge < -0.3 is 9.15 Å². The highest BCUT2D eigenvalue weighted by Crippen LogP contribution is 2.27. The van der Waals surface area contributed by atoms with E-state index in [1.54, 1.807) is 12.1 Å². The molecule has 0 aliphatic carbocycles. The number of hydrogen-bond acceptors (Lipinski definition) is 3. The highest BCUT2D eigenvalue weighted by molar-refractivity contribution is 5.82. The zero-order chi connectivity index (χ0) is 11.8. The molecule has 0 fully saturated rings. The number of hydrogen-bond donors (Lipinski definition) is 0. The quantitative estimate of drug-likeness (QED) is 0.691. The van der Waals surface area contributed by atoms with E-state index >= 15 is 0 Å². The summed E-state index contributed by atoms with van der Waals surface area (Å²) < 4.78 is 10.9. The van der Waals surface area contributed by atoms with E-state index in [9.17, 15) is 4.79 Å². The number of para-hydroxylation sites is 1. The minimum Gasteiger partial charge on any atom is -0.484 e. The molecule has 0 amide bonds. The second kappa shape index (κ2) is 3.67. The van der Waals surface area contributed by atoms with Crippen LogP contribution in [0.1, 0.15) is 20.8 Å². The van der Waals surface area contributed by atoms with Crippen LogP contribution in [0.4, 0.5) is 0 Å². The van der Waals surface area contributed by atoms with Crippen LogP contribution < -0.4 is 10.4 Å². The molecule has 0 aliphatic heterocycles. The molecule has 16 heavy (non-hydrogen) atoms. The molecule has 0 spiro atoms. The molecule has 0 N–H and O–H groups in total. The van der Waals surface area contributed by atoms with Crippen molar-refractivity contribution < 1.29 is 9.15 Å². The summed E-state index contributed by atoms with van der Waals surface area (Å²) in [6.45, 7) is 5.85. The predicted molar refractivity (Wildman–Crippen MR) is 62.9 cm³/mol. The van der Waals surface area contributed by atoms with Crippen molar-refractivity contribution >= 4 is 11.0 Å². The summed E-state index contributed by atoms with van der Waals surface area (Å²) in [5, 5.41) is 0.862. The topological polar surface area (TPSA) is 39.4 Å². The summed E-state index contributed by atoms with van der Waals surface area (Å²) in [5.41, 5.74) is -0.176. The molecule has 0 aliphatic rings. The zero-order valence-electron chi connectivity index (χ0n) is 9.61. The maximum atomic E-state index is 11.2. The van der Waals surface area contributed by atoms with E-state index in [0.29, 0.717) is 11.3 Å². The summed E-state index contributed by atoms with van der Waals surface area (Å²) in [4.78, 5) is 11.2. The van der Waals surface area contributed by atoms with Gasteiger partial charge in [-0.1, -0.05) is 12.1 Å². The number of rotatable bonds is 1. The van der Waals surface area contributed by atoms with Crippen LogP contribution >= 0.6 is 0 Å². The van der Waals surface area contributed by atoms with E-state index in [1.165, 1.54) is 6.07 Å². The van der Waals surface area contributed by atoms with Gasteiger partial charge in [0.25, 0.3) is 0 Å². The van der Waals surface area contributed by atoms with E-state index in [1.807, 2.05) is 32.9 Å². The van der Waals surface area contributed by atoms with Gasteiger partial charge >= 0.3 is 5.63 Å². The molecule has 3 nitrogen and oxygen atoms in total. The fourth-order valence-electron chi connectivity index (χ4n) is 1.48. The molecular weight excluding hydrogens is 204 g/mol. The van der Waals surface area contributed by atoms with Gasteiger partial charge in [0, 0.05) is 11.5 Å². The number of ether oxygens (including phenoxy) is 1. The average Bonchev–Trinajstić information content (AvgIpc) is 2.17. The first-order valence-electron chi connectivity index (χ1n) is 5.18. The van der Waals surface area contributed by atoms with Crippen molar-refractivity contribution in [3.63, 3.8) is 0 Å². The van der Waals surface area contributed by atoms with E-state index in [0.717, 1.165) is 5.39 Å². The minimum absolute atomic E-state index is 0.317. The first-order valence-corrected chi connectivity index (χ1v) is 5.18. The Kier molecular flexibility index (Phi) is 2.46. The molecule has 0 saturated carbocycles. The van der Waals surface area contributed by atoms with Crippen molar-refractivity contribution in [2.45, 2.75) is 26.4 Å². The lowest BCUT2D eigenvalue weighted by molar-refractivity contribution is 0.131. The van der Waals surface area contributed by atoms with Gasteiger partial charge in [-0.25, -0.2) is 4.79 Å². The first-order chi connectivity index (χ1) is 7.46. The fraction of sp³-hybridized carbons (Fsp3) is 0.308. The second-order valence-corrected chi connectivity index (χ2v) is 4.64. The molecule has 0 radical (unpaired) electrons. The van der Waals surface area contributed by atoms with Crippen molar-refractivity contribution in [3.8, 4) is 5.75 Å². The molecule has 84 valence electrons. The van der Waals surface area contributed by atoms with Gasteiger partial charge in [-0.2, -0.15) is 0 Å². The van der Waals surface area contributed by atoms with E-state index < -0.39 is 0 Å². The minimum atomic E-state index is -0.363. The first kappa shape index (κ1) is 10.7. The van der Waals surface area contributed by atoms with Crippen LogP contribution in [0.3, 0.4) is 0 Å². The van der Waals surface area contributed by atoms with Crippen LogP contribution in [0.25, 0.3) is 11.0 Å². The van der Waals surface area contributed by atoms with Crippen LogP contribution in [0.5, 0.6) is 5.75 Å². The van der Waals surface area contributed by atoms with Gasteiger partial charge in [0.1, 0.15) is 5.60 Å². The highest BCUT2D eigenvalue weighted by Gasteiger charge is 2.14. The van der Waals surface area contributed by atoms with Gasteiger partial charge in [0.2, 0.25) is 0 Å². The predicted octanol–water partition coefficient (Wildman–Crippen LogP) is 2.97. The normalized spacial score (nSPS) is 11.7. The van der Waals surface area contributed by atoms with E-state index in [-0.39, 0.29) is 11.2 Å². The Morgan fingerprint density at radius 3 is 2.56 bits per heavy atom. The van der Waals surface area contributed by atoms with Crippen LogP contribution in [0.2, 0.25) is 0 Å². The van der Waals surface area contributed by atoms with Crippen molar-refractivity contribution in [1.82, 2.24) is 0 Å². The number of benzene rings is 1. The molecule has 0 bridgehead atoms. The van der Waals surface area contributed by atoms with Crippen LogP contribution in [-0.2, 0) is 0 Å². The lowest BCUT2D eigenvalue weighted by atomic mass is 10.1. The van der Waals surface area contributed by atoms with Crippen LogP contribution in [0, 0.1) is 0 Å².